The molecule has 1 unspecified atom stereocenters. The number of hydrogen-bond donors (Lipinski definition) is 2. The maximum absolute atomic E-state index is 9.54. The Bertz CT molecular complexity index is 128. The van der Waals surface area contributed by atoms with Gasteiger partial charge >= 0.3 is 0 Å². The van der Waals surface area contributed by atoms with E-state index in [4.69, 9.17) is 0 Å². The minimum absolute atomic E-state index is 0.151. The standard InChI is InChI=1S/C10H21NOS/c1-2-3-6-13-8-10(12)7-11-9-4-5-9/h9-12H,2-8H2,1H3. The van der Waals surface area contributed by atoms with Gasteiger partial charge in [-0.2, -0.15) is 11.8 Å². The first-order chi connectivity index (χ1) is 6.33. The monoisotopic (exact) mass is 203 g/mol. The van der Waals surface area contributed by atoms with Crippen molar-refractivity contribution in [2.45, 2.75) is 44.8 Å². The molecule has 3 heteroatoms. The van der Waals surface area contributed by atoms with Crippen molar-refractivity contribution >= 4 is 11.8 Å². The van der Waals surface area contributed by atoms with Gasteiger partial charge in [0, 0.05) is 18.3 Å². The van der Waals surface area contributed by atoms with E-state index >= 15 is 0 Å². The highest BCUT2D eigenvalue weighted by Crippen LogP contribution is 2.18. The summed E-state index contributed by atoms with van der Waals surface area (Å²) >= 11 is 1.87. The van der Waals surface area contributed by atoms with Gasteiger partial charge in [-0.25, -0.2) is 0 Å². The lowest BCUT2D eigenvalue weighted by molar-refractivity contribution is 0.195. The minimum Gasteiger partial charge on any atom is -0.391 e. The molecular formula is C10H21NOS. The molecule has 13 heavy (non-hydrogen) atoms. The van der Waals surface area contributed by atoms with Gasteiger partial charge in [-0.15, -0.1) is 0 Å². The zero-order chi connectivity index (χ0) is 9.52. The molecule has 0 bridgehead atoms. The number of thioether (sulfide) groups is 1. The molecule has 0 aromatic heterocycles. The minimum atomic E-state index is -0.151. The van der Waals surface area contributed by atoms with Crippen molar-refractivity contribution in [3.05, 3.63) is 0 Å². The Morgan fingerprint density at radius 1 is 1.54 bits per heavy atom. The molecule has 78 valence electrons. The summed E-state index contributed by atoms with van der Waals surface area (Å²) in [6.45, 7) is 2.98. The summed E-state index contributed by atoms with van der Waals surface area (Å²) in [5.41, 5.74) is 0. The molecule has 2 nitrogen and oxygen atoms in total. The van der Waals surface area contributed by atoms with Crippen LogP contribution in [0.15, 0.2) is 0 Å². The molecule has 0 aliphatic heterocycles. The van der Waals surface area contributed by atoms with Gasteiger partial charge in [-0.1, -0.05) is 13.3 Å². The third-order valence-corrected chi connectivity index (χ3v) is 3.37. The summed E-state index contributed by atoms with van der Waals surface area (Å²) < 4.78 is 0. The highest BCUT2D eigenvalue weighted by atomic mass is 32.2. The average Bonchev–Trinajstić information content (AvgIpc) is 2.92. The summed E-state index contributed by atoms with van der Waals surface area (Å²) in [6.07, 6.45) is 4.98. The first-order valence-corrected chi connectivity index (χ1v) is 6.47. The maximum Gasteiger partial charge on any atom is 0.0754 e. The molecule has 0 aromatic carbocycles. The van der Waals surface area contributed by atoms with Crippen LogP contribution >= 0.6 is 11.8 Å². The van der Waals surface area contributed by atoms with E-state index in [1.165, 1.54) is 31.4 Å². The quantitative estimate of drug-likeness (QED) is 0.588. The lowest BCUT2D eigenvalue weighted by Crippen LogP contribution is -2.29. The lowest BCUT2D eigenvalue weighted by Gasteiger charge is -2.10. The summed E-state index contributed by atoms with van der Waals surface area (Å²) in [7, 11) is 0. The Hall–Kier alpha value is 0.270. The van der Waals surface area contributed by atoms with Crippen molar-refractivity contribution in [3.63, 3.8) is 0 Å². The van der Waals surface area contributed by atoms with Gasteiger partial charge in [0.2, 0.25) is 0 Å². The fraction of sp³-hybridized carbons (Fsp3) is 1.00. The third-order valence-electron chi connectivity index (χ3n) is 2.17. The number of rotatable bonds is 8. The smallest absolute Gasteiger partial charge is 0.0754 e. The molecule has 1 fully saturated rings. The molecular weight excluding hydrogens is 182 g/mol. The van der Waals surface area contributed by atoms with E-state index < -0.39 is 0 Å². The van der Waals surface area contributed by atoms with Gasteiger partial charge in [0.15, 0.2) is 0 Å². The Kier molecular flexibility index (Phi) is 5.83. The highest BCUT2D eigenvalue weighted by Gasteiger charge is 2.20. The molecule has 0 heterocycles. The zero-order valence-corrected chi connectivity index (χ0v) is 9.28. The van der Waals surface area contributed by atoms with Crippen LogP contribution in [0.25, 0.3) is 0 Å². The van der Waals surface area contributed by atoms with E-state index in [2.05, 4.69) is 12.2 Å². The molecule has 1 aliphatic carbocycles. The second-order valence-electron chi connectivity index (χ2n) is 3.76. The Labute approximate surface area is 85.5 Å². The van der Waals surface area contributed by atoms with E-state index in [1.54, 1.807) is 0 Å². The zero-order valence-electron chi connectivity index (χ0n) is 8.46. The largest absolute Gasteiger partial charge is 0.391 e. The summed E-state index contributed by atoms with van der Waals surface area (Å²) in [4.78, 5) is 0. The van der Waals surface area contributed by atoms with Crippen LogP contribution in [0.2, 0.25) is 0 Å². The molecule has 0 aromatic rings. The van der Waals surface area contributed by atoms with Crippen molar-refractivity contribution in [2.24, 2.45) is 0 Å². The number of aliphatic hydroxyl groups is 1. The fourth-order valence-corrected chi connectivity index (χ4v) is 2.16. The van der Waals surface area contributed by atoms with E-state index in [9.17, 15) is 5.11 Å². The summed E-state index contributed by atoms with van der Waals surface area (Å²) in [6, 6.07) is 0.718. The number of aliphatic hydroxyl groups excluding tert-OH is 1. The SMILES string of the molecule is CCCCSCC(O)CNC1CC1. The van der Waals surface area contributed by atoms with Crippen molar-refractivity contribution in [1.29, 1.82) is 0 Å². The maximum atomic E-state index is 9.54. The van der Waals surface area contributed by atoms with Crippen LogP contribution in [-0.4, -0.2) is 35.3 Å². The Balaban J connectivity index is 1.81. The molecule has 0 saturated heterocycles. The van der Waals surface area contributed by atoms with E-state index in [0.29, 0.717) is 0 Å². The molecule has 2 N–H and O–H groups in total. The van der Waals surface area contributed by atoms with Gasteiger partial charge in [0.25, 0.3) is 0 Å². The van der Waals surface area contributed by atoms with Crippen LogP contribution in [0.5, 0.6) is 0 Å². The van der Waals surface area contributed by atoms with Crippen molar-refractivity contribution in [3.8, 4) is 0 Å². The van der Waals surface area contributed by atoms with Crippen LogP contribution in [0.3, 0.4) is 0 Å². The van der Waals surface area contributed by atoms with Gasteiger partial charge in [0.1, 0.15) is 0 Å². The second kappa shape index (κ2) is 6.68. The third kappa shape index (κ3) is 6.36. The van der Waals surface area contributed by atoms with Crippen LogP contribution < -0.4 is 5.32 Å². The van der Waals surface area contributed by atoms with Gasteiger partial charge in [-0.05, 0) is 25.0 Å². The second-order valence-corrected chi connectivity index (χ2v) is 4.91. The molecule has 0 spiro atoms. The van der Waals surface area contributed by atoms with Crippen LogP contribution in [0.1, 0.15) is 32.6 Å². The number of hydrogen-bond acceptors (Lipinski definition) is 3. The molecule has 1 saturated carbocycles. The fourth-order valence-electron chi connectivity index (χ4n) is 1.11. The number of nitrogens with one attached hydrogen (secondary N) is 1. The lowest BCUT2D eigenvalue weighted by atomic mass is 10.4. The highest BCUT2D eigenvalue weighted by molar-refractivity contribution is 7.99. The van der Waals surface area contributed by atoms with Crippen LogP contribution in [0.4, 0.5) is 0 Å². The molecule has 1 rings (SSSR count). The molecule has 0 amide bonds. The van der Waals surface area contributed by atoms with E-state index in [1.807, 2.05) is 11.8 Å². The van der Waals surface area contributed by atoms with Crippen molar-refractivity contribution in [1.82, 2.24) is 5.32 Å². The van der Waals surface area contributed by atoms with Crippen LogP contribution in [0, 0.1) is 0 Å². The van der Waals surface area contributed by atoms with E-state index in [0.717, 1.165) is 18.3 Å². The number of unbranched alkanes of at least 4 members (excludes halogenated alkanes) is 1. The Morgan fingerprint density at radius 2 is 2.31 bits per heavy atom. The summed E-state index contributed by atoms with van der Waals surface area (Å²) in [5, 5.41) is 12.9. The molecule has 0 radical (unpaired) electrons. The molecule has 1 aliphatic rings. The van der Waals surface area contributed by atoms with Gasteiger partial charge in [0.05, 0.1) is 6.10 Å². The van der Waals surface area contributed by atoms with E-state index in [-0.39, 0.29) is 6.10 Å². The van der Waals surface area contributed by atoms with Crippen molar-refractivity contribution in [2.75, 3.05) is 18.1 Å². The Morgan fingerprint density at radius 3 is 2.92 bits per heavy atom. The first-order valence-electron chi connectivity index (χ1n) is 5.32. The predicted octanol–water partition coefficient (Wildman–Crippen LogP) is 1.63. The normalized spacial score (nSPS) is 18.9. The topological polar surface area (TPSA) is 32.3 Å². The van der Waals surface area contributed by atoms with Gasteiger partial charge in [-0.3, -0.25) is 0 Å². The first kappa shape index (κ1) is 11.3. The predicted molar refractivity (Wildman–Crippen MR) is 59.3 cm³/mol. The summed E-state index contributed by atoms with van der Waals surface area (Å²) in [5.74, 6) is 2.08. The average molecular weight is 203 g/mol. The van der Waals surface area contributed by atoms with Crippen LogP contribution in [-0.2, 0) is 0 Å². The molecule has 1 atom stereocenters. The van der Waals surface area contributed by atoms with Crippen molar-refractivity contribution < 1.29 is 5.11 Å². The van der Waals surface area contributed by atoms with Gasteiger partial charge < -0.3 is 10.4 Å².